The van der Waals surface area contributed by atoms with Gasteiger partial charge in [0.15, 0.2) is 11.5 Å². The van der Waals surface area contributed by atoms with Crippen LogP contribution < -0.4 is 9.47 Å². The third-order valence-electron chi connectivity index (χ3n) is 2.44. The average Bonchev–Trinajstić information content (AvgIpc) is 2.42. The van der Waals surface area contributed by atoms with E-state index in [9.17, 15) is 0 Å². The fourth-order valence-electron chi connectivity index (χ4n) is 1.60. The summed E-state index contributed by atoms with van der Waals surface area (Å²) in [6, 6.07) is 3.58. The summed E-state index contributed by atoms with van der Waals surface area (Å²) >= 11 is 13.6. The van der Waals surface area contributed by atoms with Crippen LogP contribution in [0.25, 0.3) is 0 Å². The van der Waals surface area contributed by atoms with Crippen molar-refractivity contribution in [3.05, 3.63) is 34.7 Å². The Morgan fingerprint density at radius 2 is 1.79 bits per heavy atom. The van der Waals surface area contributed by atoms with Gasteiger partial charge in [-0.2, -0.15) is 0 Å². The van der Waals surface area contributed by atoms with E-state index in [0.29, 0.717) is 39.8 Å². The molecule has 1 aromatic carbocycles. The van der Waals surface area contributed by atoms with Crippen molar-refractivity contribution >= 4 is 35.0 Å². The highest BCUT2D eigenvalue weighted by Gasteiger charge is 2.16. The molecule has 0 spiro atoms. The molecule has 2 aromatic rings. The SMILES string of the molecule is Clc1cc2c(cc1Sc1ncncc1Cl)OCCO2. The van der Waals surface area contributed by atoms with Crippen molar-refractivity contribution in [2.24, 2.45) is 0 Å². The van der Waals surface area contributed by atoms with Crippen LogP contribution in [-0.2, 0) is 0 Å². The summed E-state index contributed by atoms with van der Waals surface area (Å²) in [5.41, 5.74) is 0. The molecule has 4 nitrogen and oxygen atoms in total. The Bertz CT molecular complexity index is 625. The molecule has 0 saturated carbocycles. The normalized spacial score (nSPS) is 13.4. The monoisotopic (exact) mass is 314 g/mol. The first-order valence-electron chi connectivity index (χ1n) is 5.46. The molecule has 1 aromatic heterocycles. The lowest BCUT2D eigenvalue weighted by molar-refractivity contribution is 0.171. The van der Waals surface area contributed by atoms with Crippen molar-refractivity contribution in [2.45, 2.75) is 9.92 Å². The first kappa shape index (κ1) is 12.8. The maximum Gasteiger partial charge on any atom is 0.162 e. The van der Waals surface area contributed by atoms with Gasteiger partial charge in [0.2, 0.25) is 0 Å². The number of hydrogen-bond acceptors (Lipinski definition) is 5. The van der Waals surface area contributed by atoms with E-state index in [4.69, 9.17) is 32.7 Å². The standard InChI is InChI=1S/C12H8Cl2N2O2S/c13-7-3-9-10(18-2-1-17-9)4-11(7)19-12-8(14)5-15-6-16-12/h3-6H,1-2H2. The minimum Gasteiger partial charge on any atom is -0.486 e. The zero-order chi connectivity index (χ0) is 13.2. The van der Waals surface area contributed by atoms with Gasteiger partial charge in [-0.05, 0) is 6.07 Å². The van der Waals surface area contributed by atoms with E-state index in [2.05, 4.69) is 9.97 Å². The molecular weight excluding hydrogens is 307 g/mol. The van der Waals surface area contributed by atoms with E-state index in [1.165, 1.54) is 18.1 Å². The second-order valence-electron chi connectivity index (χ2n) is 3.70. The predicted octanol–water partition coefficient (Wildman–Crippen LogP) is 3.71. The number of rotatable bonds is 2. The Labute approximate surface area is 124 Å². The molecule has 0 amide bonds. The van der Waals surface area contributed by atoms with Gasteiger partial charge in [-0.3, -0.25) is 0 Å². The van der Waals surface area contributed by atoms with E-state index in [1.807, 2.05) is 6.07 Å². The summed E-state index contributed by atoms with van der Waals surface area (Å²) in [5, 5.41) is 1.71. The van der Waals surface area contributed by atoms with Crippen LogP contribution in [0.2, 0.25) is 10.0 Å². The fourth-order valence-corrected chi connectivity index (χ4v) is 2.88. The van der Waals surface area contributed by atoms with Crippen LogP contribution in [0.3, 0.4) is 0 Å². The molecular formula is C12H8Cl2N2O2S. The van der Waals surface area contributed by atoms with Gasteiger partial charge in [0.1, 0.15) is 24.6 Å². The third kappa shape index (κ3) is 2.73. The minimum atomic E-state index is 0.485. The van der Waals surface area contributed by atoms with Gasteiger partial charge < -0.3 is 9.47 Å². The molecule has 0 atom stereocenters. The molecule has 0 saturated heterocycles. The van der Waals surface area contributed by atoms with Crippen molar-refractivity contribution in [2.75, 3.05) is 13.2 Å². The second-order valence-corrected chi connectivity index (χ2v) is 5.55. The van der Waals surface area contributed by atoms with Crippen molar-refractivity contribution in [3.8, 4) is 11.5 Å². The number of ether oxygens (including phenoxy) is 2. The van der Waals surface area contributed by atoms with Crippen LogP contribution >= 0.6 is 35.0 Å². The van der Waals surface area contributed by atoms with Gasteiger partial charge in [0.25, 0.3) is 0 Å². The highest BCUT2D eigenvalue weighted by Crippen LogP contribution is 2.42. The largest absolute Gasteiger partial charge is 0.486 e. The fraction of sp³-hybridized carbons (Fsp3) is 0.167. The topological polar surface area (TPSA) is 44.2 Å². The van der Waals surface area contributed by atoms with Crippen LogP contribution in [0.4, 0.5) is 0 Å². The first-order chi connectivity index (χ1) is 9.24. The van der Waals surface area contributed by atoms with Crippen molar-refractivity contribution < 1.29 is 9.47 Å². The lowest BCUT2D eigenvalue weighted by Gasteiger charge is -2.19. The predicted molar refractivity (Wildman–Crippen MR) is 73.6 cm³/mol. The molecule has 0 aliphatic carbocycles. The van der Waals surface area contributed by atoms with Crippen molar-refractivity contribution in [3.63, 3.8) is 0 Å². The molecule has 0 bridgehead atoms. The minimum absolute atomic E-state index is 0.485. The third-order valence-corrected chi connectivity index (χ3v) is 4.33. The van der Waals surface area contributed by atoms with Crippen LogP contribution in [0, 0.1) is 0 Å². The van der Waals surface area contributed by atoms with Gasteiger partial charge in [0.05, 0.1) is 16.2 Å². The highest BCUT2D eigenvalue weighted by molar-refractivity contribution is 7.99. The summed E-state index contributed by atoms with van der Waals surface area (Å²) in [4.78, 5) is 8.77. The Hall–Kier alpha value is -1.17. The molecule has 0 unspecified atom stereocenters. The summed E-state index contributed by atoms with van der Waals surface area (Å²) in [7, 11) is 0. The van der Waals surface area contributed by atoms with Crippen LogP contribution in [0.1, 0.15) is 0 Å². The Balaban J connectivity index is 1.95. The molecule has 3 rings (SSSR count). The van der Waals surface area contributed by atoms with E-state index in [1.54, 1.807) is 12.3 Å². The number of nitrogens with zero attached hydrogens (tertiary/aromatic N) is 2. The van der Waals surface area contributed by atoms with Gasteiger partial charge >= 0.3 is 0 Å². The quantitative estimate of drug-likeness (QED) is 0.791. The maximum atomic E-state index is 6.22. The molecule has 7 heteroatoms. The van der Waals surface area contributed by atoms with Gasteiger partial charge in [-0.1, -0.05) is 35.0 Å². The molecule has 1 aliphatic rings. The average molecular weight is 315 g/mol. The van der Waals surface area contributed by atoms with Crippen molar-refractivity contribution in [1.29, 1.82) is 0 Å². The molecule has 0 N–H and O–H groups in total. The van der Waals surface area contributed by atoms with E-state index < -0.39 is 0 Å². The lowest BCUT2D eigenvalue weighted by Crippen LogP contribution is -2.15. The van der Waals surface area contributed by atoms with E-state index >= 15 is 0 Å². The smallest absolute Gasteiger partial charge is 0.162 e. The van der Waals surface area contributed by atoms with Gasteiger partial charge in [-0.25, -0.2) is 9.97 Å². The molecule has 1 aliphatic heterocycles. The number of fused-ring (bicyclic) bond motifs is 1. The van der Waals surface area contributed by atoms with Crippen LogP contribution in [-0.4, -0.2) is 23.2 Å². The first-order valence-corrected chi connectivity index (χ1v) is 7.04. The summed E-state index contributed by atoms with van der Waals surface area (Å²) in [6.45, 7) is 1.07. The lowest BCUT2D eigenvalue weighted by atomic mass is 10.3. The summed E-state index contributed by atoms with van der Waals surface area (Å²) in [6.07, 6.45) is 2.99. The zero-order valence-corrected chi connectivity index (χ0v) is 11.9. The van der Waals surface area contributed by atoms with Gasteiger partial charge in [-0.15, -0.1) is 0 Å². The molecule has 19 heavy (non-hydrogen) atoms. The number of benzene rings is 1. The Kier molecular flexibility index (Phi) is 3.68. The maximum absolute atomic E-state index is 6.22. The molecule has 0 fully saturated rings. The van der Waals surface area contributed by atoms with Gasteiger partial charge in [0, 0.05) is 11.0 Å². The number of aromatic nitrogens is 2. The van der Waals surface area contributed by atoms with Crippen LogP contribution in [0.15, 0.2) is 34.6 Å². The summed E-state index contributed by atoms with van der Waals surface area (Å²) in [5.74, 6) is 1.35. The molecule has 0 radical (unpaired) electrons. The Morgan fingerprint density at radius 3 is 2.53 bits per heavy atom. The van der Waals surface area contributed by atoms with E-state index in [-0.39, 0.29) is 0 Å². The highest BCUT2D eigenvalue weighted by atomic mass is 35.5. The molecule has 2 heterocycles. The van der Waals surface area contributed by atoms with Crippen LogP contribution in [0.5, 0.6) is 11.5 Å². The van der Waals surface area contributed by atoms with E-state index in [0.717, 1.165) is 4.90 Å². The number of hydrogen-bond donors (Lipinski definition) is 0. The Morgan fingerprint density at radius 1 is 1.05 bits per heavy atom. The molecule has 98 valence electrons. The summed E-state index contributed by atoms with van der Waals surface area (Å²) < 4.78 is 11.0. The second kappa shape index (κ2) is 5.45. The zero-order valence-electron chi connectivity index (χ0n) is 9.60. The van der Waals surface area contributed by atoms with Crippen molar-refractivity contribution in [1.82, 2.24) is 9.97 Å². The number of halogens is 2.